The zero-order valence-corrected chi connectivity index (χ0v) is 6.31. The Morgan fingerprint density at radius 3 is 2.54 bits per heavy atom. The number of halogens is 2. The number of para-hydroxylation sites is 2. The van der Waals surface area contributed by atoms with Crippen LogP contribution in [-0.4, -0.2) is 11.5 Å². The number of hydrogen-bond acceptors (Lipinski definition) is 3. The molecule has 0 heterocycles. The molecule has 0 amide bonds. The van der Waals surface area contributed by atoms with Gasteiger partial charge in [-0.25, -0.2) is 0 Å². The number of nitro benzene ring substituents is 1. The molecule has 0 atom stereocenters. The molecule has 0 saturated heterocycles. The summed E-state index contributed by atoms with van der Waals surface area (Å²) in [6, 6.07) is 4.96. The first-order chi connectivity index (χ1) is 6.11. The molecule has 1 aromatic rings. The summed E-state index contributed by atoms with van der Waals surface area (Å²) in [5.41, 5.74) is -0.470. The summed E-state index contributed by atoms with van der Waals surface area (Å²) in [7, 11) is 0. The van der Waals surface area contributed by atoms with Crippen molar-refractivity contribution >= 4 is 5.69 Å². The molecule has 0 unspecified atom stereocenters. The lowest BCUT2D eigenvalue weighted by molar-refractivity contribution is -0.386. The average Bonchev–Trinajstić information content (AvgIpc) is 2.03. The highest BCUT2D eigenvalue weighted by molar-refractivity contribution is 5.45. The molecular formula is C7H5F2NO3. The van der Waals surface area contributed by atoms with Gasteiger partial charge in [-0.05, 0) is 6.07 Å². The molecule has 1 rings (SSSR count). The van der Waals surface area contributed by atoms with Crippen molar-refractivity contribution in [1.29, 1.82) is 0 Å². The van der Waals surface area contributed by atoms with Crippen molar-refractivity contribution in [2.75, 3.05) is 0 Å². The average molecular weight is 189 g/mol. The topological polar surface area (TPSA) is 52.4 Å². The third-order valence-corrected chi connectivity index (χ3v) is 1.28. The van der Waals surface area contributed by atoms with E-state index in [4.69, 9.17) is 0 Å². The second-order valence-electron chi connectivity index (χ2n) is 2.10. The fourth-order valence-electron chi connectivity index (χ4n) is 0.804. The highest BCUT2D eigenvalue weighted by Crippen LogP contribution is 2.26. The molecule has 0 aromatic heterocycles. The van der Waals surface area contributed by atoms with Gasteiger partial charge in [0.15, 0.2) is 0 Å². The van der Waals surface area contributed by atoms with Crippen molar-refractivity contribution in [2.24, 2.45) is 0 Å². The number of alkyl halides is 2. The quantitative estimate of drug-likeness (QED) is 0.541. The summed E-state index contributed by atoms with van der Waals surface area (Å²) < 4.78 is 27.4. The monoisotopic (exact) mass is 189 g/mol. The van der Waals surface area contributed by atoms with E-state index < -0.39 is 23.0 Å². The predicted molar refractivity (Wildman–Crippen MR) is 39.7 cm³/mol. The second-order valence-corrected chi connectivity index (χ2v) is 2.10. The Kier molecular flexibility index (Phi) is 2.73. The van der Waals surface area contributed by atoms with E-state index in [2.05, 4.69) is 4.74 Å². The fourth-order valence-corrected chi connectivity index (χ4v) is 0.804. The van der Waals surface area contributed by atoms with E-state index in [-0.39, 0.29) is 0 Å². The molecule has 70 valence electrons. The largest absolute Gasteiger partial charge is 0.427 e. The molecule has 0 spiro atoms. The van der Waals surface area contributed by atoms with Crippen molar-refractivity contribution in [2.45, 2.75) is 6.61 Å². The molecule has 0 bridgehead atoms. The molecule has 0 saturated carbocycles. The first kappa shape index (κ1) is 9.37. The highest BCUT2D eigenvalue weighted by atomic mass is 19.3. The van der Waals surface area contributed by atoms with E-state index in [0.29, 0.717) is 0 Å². The summed E-state index contributed by atoms with van der Waals surface area (Å²) in [5, 5.41) is 10.3. The van der Waals surface area contributed by atoms with Crippen molar-refractivity contribution in [3.8, 4) is 5.75 Å². The van der Waals surface area contributed by atoms with E-state index in [0.717, 1.165) is 12.1 Å². The molecule has 4 nitrogen and oxygen atoms in total. The molecule has 1 aromatic carbocycles. The van der Waals surface area contributed by atoms with Crippen molar-refractivity contribution < 1.29 is 18.4 Å². The van der Waals surface area contributed by atoms with Gasteiger partial charge in [0.2, 0.25) is 5.75 Å². The third kappa shape index (κ3) is 2.36. The van der Waals surface area contributed by atoms with Crippen LogP contribution >= 0.6 is 0 Å². The lowest BCUT2D eigenvalue weighted by Gasteiger charge is -2.03. The van der Waals surface area contributed by atoms with Crippen LogP contribution in [0.2, 0.25) is 0 Å². The maximum absolute atomic E-state index is 11.7. The highest BCUT2D eigenvalue weighted by Gasteiger charge is 2.16. The van der Waals surface area contributed by atoms with Crippen molar-refractivity contribution in [3.63, 3.8) is 0 Å². The molecule has 13 heavy (non-hydrogen) atoms. The van der Waals surface area contributed by atoms with Crippen LogP contribution in [0.3, 0.4) is 0 Å². The van der Waals surface area contributed by atoms with Crippen LogP contribution in [0.4, 0.5) is 14.5 Å². The molecule has 0 aliphatic rings. The van der Waals surface area contributed by atoms with Crippen LogP contribution < -0.4 is 4.74 Å². The van der Waals surface area contributed by atoms with E-state index in [1.54, 1.807) is 0 Å². The van der Waals surface area contributed by atoms with Crippen molar-refractivity contribution in [3.05, 3.63) is 34.4 Å². The van der Waals surface area contributed by atoms with Gasteiger partial charge in [-0.2, -0.15) is 8.78 Å². The molecule has 6 heteroatoms. The maximum atomic E-state index is 11.7. The van der Waals surface area contributed by atoms with E-state index in [9.17, 15) is 18.9 Å². The Morgan fingerprint density at radius 1 is 1.38 bits per heavy atom. The van der Waals surface area contributed by atoms with Crippen LogP contribution in [0.5, 0.6) is 5.75 Å². The molecule has 0 N–H and O–H groups in total. The minimum atomic E-state index is -3.05. The zero-order chi connectivity index (χ0) is 9.84. The van der Waals surface area contributed by atoms with Gasteiger partial charge in [-0.3, -0.25) is 10.1 Å². The van der Waals surface area contributed by atoms with Crippen LogP contribution in [0, 0.1) is 10.1 Å². The van der Waals surface area contributed by atoms with Gasteiger partial charge in [-0.15, -0.1) is 0 Å². The van der Waals surface area contributed by atoms with E-state index in [1.807, 2.05) is 0 Å². The summed E-state index contributed by atoms with van der Waals surface area (Å²) in [6.07, 6.45) is 0. The van der Waals surface area contributed by atoms with Gasteiger partial charge < -0.3 is 4.74 Å². The summed E-state index contributed by atoms with van der Waals surface area (Å²) >= 11 is 0. The summed E-state index contributed by atoms with van der Waals surface area (Å²) in [6.45, 7) is -3.05. The van der Waals surface area contributed by atoms with Gasteiger partial charge in [0.05, 0.1) is 4.92 Å². The molecular weight excluding hydrogens is 184 g/mol. The molecule has 0 aliphatic carbocycles. The van der Waals surface area contributed by atoms with Gasteiger partial charge >= 0.3 is 12.3 Å². The molecule has 0 aliphatic heterocycles. The lowest BCUT2D eigenvalue weighted by atomic mass is 10.3. The van der Waals surface area contributed by atoms with Crippen LogP contribution in [0.25, 0.3) is 0 Å². The third-order valence-electron chi connectivity index (χ3n) is 1.28. The second kappa shape index (κ2) is 3.79. The normalized spacial score (nSPS) is 10.1. The Morgan fingerprint density at radius 2 is 2.00 bits per heavy atom. The minimum absolute atomic E-state index is 0.428. The standard InChI is InChI=1S/C7H5F2NO3/c8-7(9)13-6-4-2-1-3-5(6)10(11)12/h1-4,7H. The number of nitro groups is 1. The molecule has 0 radical (unpaired) electrons. The Hall–Kier alpha value is -1.72. The van der Waals surface area contributed by atoms with E-state index >= 15 is 0 Å². The van der Waals surface area contributed by atoms with E-state index in [1.165, 1.54) is 12.1 Å². The smallest absolute Gasteiger partial charge is 0.387 e. The molecule has 0 fully saturated rings. The number of ether oxygens (including phenoxy) is 1. The van der Waals surface area contributed by atoms with Gasteiger partial charge in [-0.1, -0.05) is 12.1 Å². The summed E-state index contributed by atoms with van der Waals surface area (Å²) in [5.74, 6) is -0.428. The van der Waals surface area contributed by atoms with Crippen LogP contribution in [-0.2, 0) is 0 Å². The number of rotatable bonds is 3. The van der Waals surface area contributed by atoms with Gasteiger partial charge in [0.1, 0.15) is 0 Å². The first-order valence-corrected chi connectivity index (χ1v) is 3.29. The van der Waals surface area contributed by atoms with Crippen LogP contribution in [0.1, 0.15) is 0 Å². The van der Waals surface area contributed by atoms with Gasteiger partial charge in [0, 0.05) is 6.07 Å². The Labute approximate surface area is 71.9 Å². The number of benzene rings is 1. The van der Waals surface area contributed by atoms with Crippen molar-refractivity contribution in [1.82, 2.24) is 0 Å². The SMILES string of the molecule is O=[N+]([O-])c1ccccc1OC(F)F. The summed E-state index contributed by atoms with van der Waals surface area (Å²) in [4.78, 5) is 9.50. The lowest BCUT2D eigenvalue weighted by Crippen LogP contribution is -2.04. The Bertz CT molecular complexity index is 316. The maximum Gasteiger partial charge on any atom is 0.387 e. The minimum Gasteiger partial charge on any atom is -0.427 e. The fraction of sp³-hybridized carbons (Fsp3) is 0.143. The van der Waals surface area contributed by atoms with Gasteiger partial charge in [0.25, 0.3) is 0 Å². The number of nitrogens with zero attached hydrogens (tertiary/aromatic N) is 1. The van der Waals surface area contributed by atoms with Crippen LogP contribution in [0.15, 0.2) is 24.3 Å². The zero-order valence-electron chi connectivity index (χ0n) is 6.31. The predicted octanol–water partition coefficient (Wildman–Crippen LogP) is 2.20. The number of hydrogen-bond donors (Lipinski definition) is 0. The Balaban J connectivity index is 2.98. The first-order valence-electron chi connectivity index (χ1n) is 3.29.